The van der Waals surface area contributed by atoms with E-state index in [2.05, 4.69) is 0 Å². The predicted molar refractivity (Wildman–Crippen MR) is 82.8 cm³/mol. The molecule has 0 unspecified atom stereocenters. The number of amides is 2. The van der Waals surface area contributed by atoms with Crippen LogP contribution in [0, 0.1) is 5.92 Å². The highest BCUT2D eigenvalue weighted by Gasteiger charge is 2.42. The van der Waals surface area contributed by atoms with Gasteiger partial charge < -0.3 is 0 Å². The summed E-state index contributed by atoms with van der Waals surface area (Å²) in [7, 11) is 0. The molecule has 1 aliphatic heterocycles. The first-order valence-electron chi connectivity index (χ1n) is 7.76. The van der Waals surface area contributed by atoms with Crippen molar-refractivity contribution in [3.05, 3.63) is 35.4 Å². The average molecular weight is 320 g/mol. The molecule has 0 N–H and O–H groups in total. The van der Waals surface area contributed by atoms with E-state index in [-0.39, 0.29) is 0 Å². The highest BCUT2D eigenvalue weighted by atomic mass is 35.5. The molecule has 0 spiro atoms. The van der Waals surface area contributed by atoms with Crippen molar-refractivity contribution in [1.29, 1.82) is 0 Å². The minimum absolute atomic E-state index is 0.353. The molecule has 0 saturated heterocycles. The number of halogens is 1. The van der Waals surface area contributed by atoms with Gasteiger partial charge in [0.1, 0.15) is 6.04 Å². The van der Waals surface area contributed by atoms with Gasteiger partial charge in [-0.1, -0.05) is 44.2 Å². The fourth-order valence-corrected chi connectivity index (χ4v) is 3.72. The van der Waals surface area contributed by atoms with Gasteiger partial charge in [-0.15, -0.1) is 0 Å². The Kier molecular flexibility index (Phi) is 4.30. The van der Waals surface area contributed by atoms with Crippen molar-refractivity contribution >= 4 is 28.7 Å². The zero-order chi connectivity index (χ0) is 15.7. The second-order valence-corrected chi connectivity index (χ2v) is 6.46. The molecule has 1 aromatic carbocycles. The quantitative estimate of drug-likeness (QED) is 0.631. The number of imide groups is 1. The summed E-state index contributed by atoms with van der Waals surface area (Å²) in [5, 5.41) is -0.625. The number of fused-ring (bicyclic) bond motifs is 1. The Balaban J connectivity index is 1.85. The Labute approximate surface area is 134 Å². The van der Waals surface area contributed by atoms with Gasteiger partial charge in [-0.25, -0.2) is 0 Å². The van der Waals surface area contributed by atoms with E-state index in [1.165, 1.54) is 6.42 Å². The Morgan fingerprint density at radius 1 is 1.09 bits per heavy atom. The van der Waals surface area contributed by atoms with Crippen LogP contribution in [-0.2, 0) is 4.79 Å². The summed E-state index contributed by atoms with van der Waals surface area (Å²) >= 11 is 5.73. The summed E-state index contributed by atoms with van der Waals surface area (Å²) in [6.45, 7) is 0. The minimum atomic E-state index is -0.850. The molecule has 1 aromatic rings. The first-order chi connectivity index (χ1) is 10.6. The van der Waals surface area contributed by atoms with Crippen molar-refractivity contribution in [2.24, 2.45) is 5.92 Å². The zero-order valence-corrected chi connectivity index (χ0v) is 13.0. The van der Waals surface area contributed by atoms with Gasteiger partial charge in [0.25, 0.3) is 11.8 Å². The number of hydrogen-bond donors (Lipinski definition) is 0. The molecule has 1 heterocycles. The fourth-order valence-electron chi connectivity index (χ4n) is 3.53. The highest BCUT2D eigenvalue weighted by molar-refractivity contribution is 6.65. The largest absolute Gasteiger partial charge is 0.279 e. The van der Waals surface area contributed by atoms with Crippen molar-refractivity contribution < 1.29 is 14.4 Å². The fraction of sp³-hybridized carbons (Fsp3) is 0.471. The van der Waals surface area contributed by atoms with Crippen molar-refractivity contribution in [2.45, 2.75) is 44.6 Å². The minimum Gasteiger partial charge on any atom is -0.279 e. The van der Waals surface area contributed by atoms with Crippen LogP contribution in [0.3, 0.4) is 0 Å². The number of carbonyl (C=O) groups excluding carboxylic acids is 3. The molecule has 2 amide bonds. The highest BCUT2D eigenvalue weighted by Crippen LogP contribution is 2.32. The Bertz CT molecular complexity index is 587. The molecule has 0 radical (unpaired) electrons. The smallest absolute Gasteiger partial charge is 0.262 e. The van der Waals surface area contributed by atoms with Crippen molar-refractivity contribution in [3.8, 4) is 0 Å². The van der Waals surface area contributed by atoms with Gasteiger partial charge in [0.15, 0.2) is 0 Å². The molecule has 5 heteroatoms. The van der Waals surface area contributed by atoms with Gasteiger partial charge in [0, 0.05) is 0 Å². The number of hydrogen-bond acceptors (Lipinski definition) is 3. The maximum absolute atomic E-state index is 12.5. The number of nitrogens with zero attached hydrogens (tertiary/aromatic N) is 1. The van der Waals surface area contributed by atoms with Crippen LogP contribution in [0.5, 0.6) is 0 Å². The monoisotopic (exact) mass is 319 g/mol. The Morgan fingerprint density at radius 3 is 2.14 bits per heavy atom. The first kappa shape index (κ1) is 15.2. The molecule has 0 bridgehead atoms. The molecule has 1 aliphatic carbocycles. The predicted octanol–water partition coefficient (Wildman–Crippen LogP) is 3.39. The molecule has 1 saturated carbocycles. The molecular weight excluding hydrogens is 302 g/mol. The van der Waals surface area contributed by atoms with Crippen LogP contribution >= 0.6 is 11.6 Å². The first-order valence-corrected chi connectivity index (χ1v) is 8.13. The third kappa shape index (κ3) is 2.68. The molecular formula is C17H18ClNO3. The van der Waals surface area contributed by atoms with Crippen LogP contribution in [0.25, 0.3) is 0 Å². The van der Waals surface area contributed by atoms with Crippen LogP contribution in [-0.4, -0.2) is 28.0 Å². The lowest BCUT2D eigenvalue weighted by Gasteiger charge is -2.29. The van der Waals surface area contributed by atoms with Gasteiger partial charge in [0.05, 0.1) is 11.1 Å². The zero-order valence-electron chi connectivity index (χ0n) is 12.3. The maximum Gasteiger partial charge on any atom is 0.262 e. The van der Waals surface area contributed by atoms with E-state index >= 15 is 0 Å². The third-order valence-corrected chi connectivity index (χ3v) is 4.93. The summed E-state index contributed by atoms with van der Waals surface area (Å²) in [5.41, 5.74) is 0.720. The normalized spacial score (nSPS) is 20.1. The van der Waals surface area contributed by atoms with Crippen molar-refractivity contribution in [2.75, 3.05) is 0 Å². The van der Waals surface area contributed by atoms with Crippen LogP contribution in [0.4, 0.5) is 0 Å². The summed E-state index contributed by atoms with van der Waals surface area (Å²) < 4.78 is 0. The summed E-state index contributed by atoms with van der Waals surface area (Å²) in [6.07, 6.45) is 6.02. The molecule has 1 atom stereocenters. The molecule has 2 aliphatic rings. The van der Waals surface area contributed by atoms with E-state index in [9.17, 15) is 14.4 Å². The van der Waals surface area contributed by atoms with Crippen LogP contribution in [0.2, 0.25) is 0 Å². The molecule has 4 nitrogen and oxygen atoms in total. The summed E-state index contributed by atoms with van der Waals surface area (Å²) in [6, 6.07) is 5.81. The number of benzene rings is 1. The van der Waals surface area contributed by atoms with Gasteiger partial charge in [-0.3, -0.25) is 19.3 Å². The van der Waals surface area contributed by atoms with E-state index in [0.29, 0.717) is 23.5 Å². The number of carbonyl (C=O) groups is 3. The number of rotatable bonds is 4. The maximum atomic E-state index is 12.5. The second kappa shape index (κ2) is 6.21. The van der Waals surface area contributed by atoms with Crippen molar-refractivity contribution in [3.63, 3.8) is 0 Å². The van der Waals surface area contributed by atoms with Gasteiger partial charge in [-0.05, 0) is 36.1 Å². The van der Waals surface area contributed by atoms with E-state index in [1.54, 1.807) is 24.3 Å². The van der Waals surface area contributed by atoms with Crippen LogP contribution in [0.1, 0.15) is 59.2 Å². The van der Waals surface area contributed by atoms with Gasteiger partial charge in [-0.2, -0.15) is 0 Å². The van der Waals surface area contributed by atoms with E-state index in [1.807, 2.05) is 0 Å². The second-order valence-electron chi connectivity index (χ2n) is 6.09. The molecule has 0 aromatic heterocycles. The Hall–Kier alpha value is -1.68. The lowest BCUT2D eigenvalue weighted by Crippen LogP contribution is -2.44. The Morgan fingerprint density at radius 2 is 1.64 bits per heavy atom. The van der Waals surface area contributed by atoms with E-state index in [0.717, 1.165) is 30.6 Å². The van der Waals surface area contributed by atoms with E-state index < -0.39 is 23.1 Å². The van der Waals surface area contributed by atoms with Crippen molar-refractivity contribution in [1.82, 2.24) is 4.90 Å². The average Bonchev–Trinajstić information content (AvgIpc) is 2.78. The SMILES string of the molecule is O=C(Cl)[C@H](CC1CCCCC1)N1C(=O)c2ccccc2C1=O. The summed E-state index contributed by atoms with van der Waals surface area (Å²) in [4.78, 5) is 37.9. The molecule has 3 rings (SSSR count). The summed E-state index contributed by atoms with van der Waals surface area (Å²) in [5.74, 6) is -0.461. The van der Waals surface area contributed by atoms with Crippen LogP contribution in [0.15, 0.2) is 24.3 Å². The molecule has 116 valence electrons. The standard InChI is InChI=1S/C17H18ClNO3/c18-15(20)14(10-11-6-2-1-3-7-11)19-16(21)12-8-4-5-9-13(12)17(19)22/h4-5,8-9,11,14H,1-3,6-7,10H2/t14-/m0/s1. The lowest BCUT2D eigenvalue weighted by molar-refractivity contribution is -0.115. The molecule has 1 fully saturated rings. The van der Waals surface area contributed by atoms with Gasteiger partial charge >= 0.3 is 0 Å². The lowest BCUT2D eigenvalue weighted by atomic mass is 9.84. The third-order valence-electron chi connectivity index (χ3n) is 4.68. The van der Waals surface area contributed by atoms with Gasteiger partial charge in [0.2, 0.25) is 5.24 Å². The topological polar surface area (TPSA) is 54.5 Å². The van der Waals surface area contributed by atoms with Crippen LogP contribution < -0.4 is 0 Å². The molecule has 22 heavy (non-hydrogen) atoms. The van der Waals surface area contributed by atoms with E-state index in [4.69, 9.17) is 11.6 Å².